The zero-order valence-corrected chi connectivity index (χ0v) is 18.4. The van der Waals surface area contributed by atoms with Gasteiger partial charge in [-0.3, -0.25) is 9.59 Å². The predicted molar refractivity (Wildman–Crippen MR) is 107 cm³/mol. The first-order valence-corrected chi connectivity index (χ1v) is 10.1. The lowest BCUT2D eigenvalue weighted by atomic mass is 9.85. The fourth-order valence-electron chi connectivity index (χ4n) is 3.56. The lowest BCUT2D eigenvalue weighted by molar-refractivity contribution is -0.149. The molecule has 0 N–H and O–H groups in total. The second-order valence-electron chi connectivity index (χ2n) is 10.1. The van der Waals surface area contributed by atoms with Crippen molar-refractivity contribution in [1.29, 1.82) is 0 Å². The second kappa shape index (κ2) is 11.6. The monoisotopic (exact) mass is 370 g/mol. The highest BCUT2D eigenvalue weighted by Crippen LogP contribution is 2.26. The highest BCUT2D eigenvalue weighted by molar-refractivity contribution is 5.70. The molecule has 0 heterocycles. The minimum atomic E-state index is -0.173. The van der Waals surface area contributed by atoms with Gasteiger partial charge in [-0.05, 0) is 48.3 Å². The molecule has 0 aromatic rings. The number of unbranched alkanes of at least 4 members (excludes halogenated alkanes) is 1. The molecule has 0 fully saturated rings. The molecule has 0 aromatic carbocycles. The molecule has 0 saturated carbocycles. The van der Waals surface area contributed by atoms with Gasteiger partial charge in [0, 0.05) is 12.8 Å². The molecular weight excluding hydrogens is 328 g/mol. The fraction of sp³-hybridized carbons (Fsp3) is 0.909. The van der Waals surface area contributed by atoms with Gasteiger partial charge in [-0.15, -0.1) is 0 Å². The average molecular weight is 371 g/mol. The number of esters is 2. The first kappa shape index (κ1) is 24.9. The average Bonchev–Trinajstić information content (AvgIpc) is 2.45. The molecule has 0 bridgehead atoms. The molecule has 0 atom stereocenters. The molecule has 0 spiro atoms. The van der Waals surface area contributed by atoms with Gasteiger partial charge in [0.25, 0.3) is 0 Å². The smallest absolute Gasteiger partial charge is 0.305 e. The van der Waals surface area contributed by atoms with Crippen LogP contribution in [0.1, 0.15) is 93.9 Å². The van der Waals surface area contributed by atoms with E-state index in [4.69, 9.17) is 9.47 Å². The van der Waals surface area contributed by atoms with Crippen molar-refractivity contribution >= 4 is 11.9 Å². The van der Waals surface area contributed by atoms with E-state index in [1.807, 2.05) is 0 Å². The van der Waals surface area contributed by atoms with E-state index >= 15 is 0 Å². The predicted octanol–water partition coefficient (Wildman–Crippen LogP) is 5.78. The van der Waals surface area contributed by atoms with E-state index in [-0.39, 0.29) is 22.8 Å². The van der Waals surface area contributed by atoms with Gasteiger partial charge in [0.2, 0.25) is 0 Å². The minimum absolute atomic E-state index is 0.0103. The quantitative estimate of drug-likeness (QED) is 0.305. The van der Waals surface area contributed by atoms with Crippen LogP contribution in [0.3, 0.4) is 0 Å². The van der Waals surface area contributed by atoms with E-state index < -0.39 is 0 Å². The summed E-state index contributed by atoms with van der Waals surface area (Å²) in [6.45, 7) is 18.1. The number of hydrogen-bond acceptors (Lipinski definition) is 4. The molecule has 0 aliphatic heterocycles. The zero-order valence-electron chi connectivity index (χ0n) is 18.4. The van der Waals surface area contributed by atoms with Crippen molar-refractivity contribution in [2.75, 3.05) is 13.2 Å². The van der Waals surface area contributed by atoms with Gasteiger partial charge in [0.05, 0.1) is 13.2 Å². The van der Waals surface area contributed by atoms with E-state index in [0.717, 1.165) is 12.8 Å². The molecule has 0 saturated heterocycles. The van der Waals surface area contributed by atoms with Crippen molar-refractivity contribution < 1.29 is 19.1 Å². The molecule has 0 aliphatic carbocycles. The van der Waals surface area contributed by atoms with Crippen LogP contribution in [-0.2, 0) is 19.1 Å². The van der Waals surface area contributed by atoms with Crippen molar-refractivity contribution in [1.82, 2.24) is 0 Å². The van der Waals surface area contributed by atoms with Gasteiger partial charge in [0.15, 0.2) is 0 Å². The summed E-state index contributed by atoms with van der Waals surface area (Å²) < 4.78 is 10.8. The van der Waals surface area contributed by atoms with E-state index in [1.54, 1.807) is 0 Å². The molecule has 0 unspecified atom stereocenters. The third-order valence-electron chi connectivity index (χ3n) is 4.18. The number of ether oxygens (including phenoxy) is 2. The van der Waals surface area contributed by atoms with Crippen LogP contribution in [0.2, 0.25) is 0 Å². The SMILES string of the molecule is CC(C)CC(C)(C)COC(=O)CCCCC(=O)OCC(C)(C)CC(C)C. The van der Waals surface area contributed by atoms with Crippen LogP contribution in [0.25, 0.3) is 0 Å². The molecular formula is C22H42O4. The van der Waals surface area contributed by atoms with E-state index in [1.165, 1.54) is 0 Å². The number of hydrogen-bond donors (Lipinski definition) is 0. The Hall–Kier alpha value is -1.06. The van der Waals surface area contributed by atoms with Crippen molar-refractivity contribution in [3.8, 4) is 0 Å². The summed E-state index contributed by atoms with van der Waals surface area (Å²) in [6, 6.07) is 0. The number of rotatable bonds is 13. The summed E-state index contributed by atoms with van der Waals surface area (Å²) in [5.74, 6) is 0.821. The Kier molecular flexibility index (Phi) is 11.1. The molecule has 0 amide bonds. The molecule has 4 heteroatoms. The highest BCUT2D eigenvalue weighted by atomic mass is 16.5. The van der Waals surface area contributed by atoms with Crippen LogP contribution >= 0.6 is 0 Å². The van der Waals surface area contributed by atoms with Crippen LogP contribution < -0.4 is 0 Å². The van der Waals surface area contributed by atoms with Crippen LogP contribution in [-0.4, -0.2) is 25.2 Å². The van der Waals surface area contributed by atoms with Crippen molar-refractivity contribution in [2.24, 2.45) is 22.7 Å². The highest BCUT2D eigenvalue weighted by Gasteiger charge is 2.22. The summed E-state index contributed by atoms with van der Waals surface area (Å²) in [5.41, 5.74) is 0.0207. The maximum Gasteiger partial charge on any atom is 0.305 e. The standard InChI is InChI=1S/C22H42O4/c1-17(2)13-21(5,6)15-25-19(23)11-9-10-12-20(24)26-16-22(7,8)14-18(3)4/h17-18H,9-16H2,1-8H3. The van der Waals surface area contributed by atoms with Gasteiger partial charge in [-0.1, -0.05) is 55.4 Å². The van der Waals surface area contributed by atoms with E-state index in [0.29, 0.717) is 50.7 Å². The largest absolute Gasteiger partial charge is 0.465 e. The van der Waals surface area contributed by atoms with E-state index in [2.05, 4.69) is 55.4 Å². The van der Waals surface area contributed by atoms with Crippen LogP contribution in [0, 0.1) is 22.7 Å². The van der Waals surface area contributed by atoms with Gasteiger partial charge < -0.3 is 9.47 Å². The van der Waals surface area contributed by atoms with Gasteiger partial charge in [-0.25, -0.2) is 0 Å². The lowest BCUT2D eigenvalue weighted by Crippen LogP contribution is -2.24. The van der Waals surface area contributed by atoms with Gasteiger partial charge in [-0.2, -0.15) is 0 Å². The summed E-state index contributed by atoms with van der Waals surface area (Å²) in [4.78, 5) is 23.7. The van der Waals surface area contributed by atoms with Crippen LogP contribution in [0.15, 0.2) is 0 Å². The minimum Gasteiger partial charge on any atom is -0.465 e. The molecule has 154 valence electrons. The topological polar surface area (TPSA) is 52.6 Å². The summed E-state index contributed by atoms with van der Waals surface area (Å²) in [6.07, 6.45) is 4.11. The van der Waals surface area contributed by atoms with Crippen molar-refractivity contribution in [2.45, 2.75) is 93.9 Å². The number of carbonyl (C=O) groups excluding carboxylic acids is 2. The molecule has 26 heavy (non-hydrogen) atoms. The Bertz CT molecular complexity index is 382. The first-order valence-electron chi connectivity index (χ1n) is 10.1. The Labute approximate surface area is 161 Å². The van der Waals surface area contributed by atoms with Gasteiger partial charge in [0.1, 0.15) is 0 Å². The summed E-state index contributed by atoms with van der Waals surface area (Å²) >= 11 is 0. The third-order valence-corrected chi connectivity index (χ3v) is 4.18. The van der Waals surface area contributed by atoms with E-state index in [9.17, 15) is 9.59 Å². The Morgan fingerprint density at radius 3 is 1.27 bits per heavy atom. The first-order chi connectivity index (χ1) is 11.8. The third kappa shape index (κ3) is 14.1. The molecule has 0 rings (SSSR count). The maximum absolute atomic E-state index is 11.8. The summed E-state index contributed by atoms with van der Waals surface area (Å²) in [5, 5.41) is 0. The van der Waals surface area contributed by atoms with Crippen LogP contribution in [0.4, 0.5) is 0 Å². The summed E-state index contributed by atoms with van der Waals surface area (Å²) in [7, 11) is 0. The molecule has 0 radical (unpaired) electrons. The van der Waals surface area contributed by atoms with Crippen molar-refractivity contribution in [3.63, 3.8) is 0 Å². The normalized spacial score (nSPS) is 12.5. The lowest BCUT2D eigenvalue weighted by Gasteiger charge is -2.26. The molecule has 0 aliphatic rings. The Balaban J connectivity index is 3.88. The zero-order chi connectivity index (χ0) is 20.4. The van der Waals surface area contributed by atoms with Crippen molar-refractivity contribution in [3.05, 3.63) is 0 Å². The maximum atomic E-state index is 11.8. The Morgan fingerprint density at radius 1 is 0.692 bits per heavy atom. The van der Waals surface area contributed by atoms with Crippen LogP contribution in [0.5, 0.6) is 0 Å². The fourth-order valence-corrected chi connectivity index (χ4v) is 3.56. The molecule has 0 aromatic heterocycles. The Morgan fingerprint density at radius 2 is 1.00 bits per heavy atom. The van der Waals surface area contributed by atoms with Gasteiger partial charge >= 0.3 is 11.9 Å². The number of carbonyl (C=O) groups is 2. The molecule has 4 nitrogen and oxygen atoms in total. The second-order valence-corrected chi connectivity index (χ2v) is 10.1.